The molecule has 1 aliphatic carbocycles. The van der Waals surface area contributed by atoms with Crippen molar-refractivity contribution in [3.63, 3.8) is 0 Å². The van der Waals surface area contributed by atoms with Crippen LogP contribution >= 0.6 is 0 Å². The van der Waals surface area contributed by atoms with Crippen molar-refractivity contribution in [1.82, 2.24) is 0 Å². The van der Waals surface area contributed by atoms with E-state index in [1.165, 1.54) is 18.6 Å². The SMILES string of the molecule is O=C(O)C(=O)C(F)(F)c1ccc(OC2CCCCC2)cc1. The number of carboxylic acid groups (broad SMARTS) is 1. The van der Waals surface area contributed by atoms with E-state index in [2.05, 4.69) is 0 Å². The molecule has 0 aliphatic heterocycles. The first-order valence-electron chi connectivity index (χ1n) is 6.84. The lowest BCUT2D eigenvalue weighted by molar-refractivity contribution is -0.163. The number of halogens is 2. The fraction of sp³-hybridized carbons (Fsp3) is 0.467. The van der Waals surface area contributed by atoms with Crippen molar-refractivity contribution in [2.45, 2.75) is 44.1 Å². The number of ether oxygens (including phenoxy) is 1. The third kappa shape index (κ3) is 3.56. The highest BCUT2D eigenvalue weighted by Gasteiger charge is 2.45. The van der Waals surface area contributed by atoms with Crippen LogP contribution in [0, 0.1) is 0 Å². The second kappa shape index (κ2) is 6.20. The van der Waals surface area contributed by atoms with E-state index >= 15 is 0 Å². The van der Waals surface area contributed by atoms with Crippen LogP contribution in [0.3, 0.4) is 0 Å². The van der Waals surface area contributed by atoms with E-state index < -0.39 is 23.2 Å². The summed E-state index contributed by atoms with van der Waals surface area (Å²) in [5, 5.41) is 8.40. The first-order valence-corrected chi connectivity index (χ1v) is 6.84. The van der Waals surface area contributed by atoms with Gasteiger partial charge in [-0.15, -0.1) is 0 Å². The van der Waals surface area contributed by atoms with Gasteiger partial charge in [-0.3, -0.25) is 4.79 Å². The van der Waals surface area contributed by atoms with Gasteiger partial charge < -0.3 is 9.84 Å². The van der Waals surface area contributed by atoms with Crippen LogP contribution in [0.15, 0.2) is 24.3 Å². The molecule has 0 unspecified atom stereocenters. The summed E-state index contributed by atoms with van der Waals surface area (Å²) in [5.41, 5.74) is -0.647. The highest BCUT2D eigenvalue weighted by Crippen LogP contribution is 2.31. The Labute approximate surface area is 120 Å². The van der Waals surface area contributed by atoms with Crippen LogP contribution in [0.5, 0.6) is 5.75 Å². The number of ketones is 1. The Morgan fingerprint density at radius 2 is 1.67 bits per heavy atom. The van der Waals surface area contributed by atoms with Crippen molar-refractivity contribution in [3.05, 3.63) is 29.8 Å². The summed E-state index contributed by atoms with van der Waals surface area (Å²) in [7, 11) is 0. The van der Waals surface area contributed by atoms with E-state index in [1.807, 2.05) is 0 Å². The molecule has 0 atom stereocenters. The molecule has 0 bridgehead atoms. The van der Waals surface area contributed by atoms with Crippen LogP contribution in [0.4, 0.5) is 8.78 Å². The number of carboxylic acids is 1. The van der Waals surface area contributed by atoms with E-state index in [4.69, 9.17) is 9.84 Å². The molecule has 6 heteroatoms. The van der Waals surface area contributed by atoms with Gasteiger partial charge in [0.2, 0.25) is 0 Å². The normalized spacial score (nSPS) is 16.5. The first kappa shape index (κ1) is 15.4. The molecule has 0 radical (unpaired) electrons. The maximum atomic E-state index is 13.6. The molecule has 1 fully saturated rings. The lowest BCUT2D eigenvalue weighted by Crippen LogP contribution is -2.32. The molecule has 4 nitrogen and oxygen atoms in total. The molecule has 2 rings (SSSR count). The largest absolute Gasteiger partial charge is 0.490 e. The van der Waals surface area contributed by atoms with Crippen molar-refractivity contribution in [3.8, 4) is 5.75 Å². The fourth-order valence-corrected chi connectivity index (χ4v) is 2.38. The number of Topliss-reactive ketones (excluding diaryl/α,β-unsaturated/α-hetero) is 1. The third-order valence-electron chi connectivity index (χ3n) is 3.55. The molecular weight excluding hydrogens is 282 g/mol. The Hall–Kier alpha value is -1.98. The summed E-state index contributed by atoms with van der Waals surface area (Å²) < 4.78 is 32.9. The standard InChI is InChI=1S/C15H16F2O4/c16-15(17,13(18)14(19)20)10-6-8-12(9-7-10)21-11-4-2-1-3-5-11/h6-9,11H,1-5H2,(H,19,20). The Morgan fingerprint density at radius 3 is 2.19 bits per heavy atom. The van der Waals surface area contributed by atoms with Gasteiger partial charge in [-0.2, -0.15) is 8.78 Å². The van der Waals surface area contributed by atoms with Gasteiger partial charge in [-0.1, -0.05) is 6.42 Å². The number of alkyl halides is 2. The predicted molar refractivity (Wildman–Crippen MR) is 70.5 cm³/mol. The quantitative estimate of drug-likeness (QED) is 0.848. The van der Waals surface area contributed by atoms with Crippen molar-refractivity contribution < 1.29 is 28.2 Å². The number of hydrogen-bond donors (Lipinski definition) is 1. The van der Waals surface area contributed by atoms with Gasteiger partial charge >= 0.3 is 17.7 Å². The molecule has 1 aliphatic rings. The zero-order chi connectivity index (χ0) is 15.5. The maximum Gasteiger partial charge on any atom is 0.379 e. The number of aliphatic carboxylic acids is 1. The Balaban J connectivity index is 2.07. The summed E-state index contributed by atoms with van der Waals surface area (Å²) in [6.07, 6.45) is 5.33. The summed E-state index contributed by atoms with van der Waals surface area (Å²) in [6, 6.07) is 4.73. The van der Waals surface area contributed by atoms with Crippen LogP contribution < -0.4 is 4.74 Å². The van der Waals surface area contributed by atoms with Gasteiger partial charge in [0.05, 0.1) is 6.10 Å². The smallest absolute Gasteiger partial charge is 0.379 e. The van der Waals surface area contributed by atoms with Gasteiger partial charge in [-0.25, -0.2) is 4.79 Å². The number of carbonyl (C=O) groups is 2. The van der Waals surface area contributed by atoms with Crippen LogP contribution in [0.1, 0.15) is 37.7 Å². The average molecular weight is 298 g/mol. The van der Waals surface area contributed by atoms with Crippen molar-refractivity contribution in [2.24, 2.45) is 0 Å². The lowest BCUT2D eigenvalue weighted by Gasteiger charge is -2.23. The molecule has 0 saturated heterocycles. The topological polar surface area (TPSA) is 63.6 Å². The van der Waals surface area contributed by atoms with Gasteiger partial charge in [0.15, 0.2) is 0 Å². The monoisotopic (exact) mass is 298 g/mol. The minimum absolute atomic E-state index is 0.0887. The van der Waals surface area contributed by atoms with Gasteiger partial charge in [0.25, 0.3) is 0 Å². The Bertz CT molecular complexity index is 519. The summed E-state index contributed by atoms with van der Waals surface area (Å²) >= 11 is 0. The maximum absolute atomic E-state index is 13.6. The van der Waals surface area contributed by atoms with E-state index in [1.54, 1.807) is 0 Å². The Morgan fingerprint density at radius 1 is 1.10 bits per heavy atom. The van der Waals surface area contributed by atoms with Crippen LogP contribution in [-0.2, 0) is 15.5 Å². The van der Waals surface area contributed by atoms with Crippen molar-refractivity contribution >= 4 is 11.8 Å². The zero-order valence-corrected chi connectivity index (χ0v) is 11.4. The molecule has 21 heavy (non-hydrogen) atoms. The fourth-order valence-electron chi connectivity index (χ4n) is 2.38. The van der Waals surface area contributed by atoms with E-state index in [0.717, 1.165) is 37.8 Å². The minimum Gasteiger partial charge on any atom is -0.490 e. The molecule has 0 spiro atoms. The third-order valence-corrected chi connectivity index (χ3v) is 3.55. The van der Waals surface area contributed by atoms with E-state index in [-0.39, 0.29) is 6.10 Å². The highest BCUT2D eigenvalue weighted by molar-refractivity contribution is 6.35. The molecule has 0 heterocycles. The lowest BCUT2D eigenvalue weighted by atomic mass is 9.98. The molecule has 1 saturated carbocycles. The van der Waals surface area contributed by atoms with Crippen molar-refractivity contribution in [1.29, 1.82) is 0 Å². The molecule has 0 aromatic heterocycles. The van der Waals surface area contributed by atoms with Crippen molar-refractivity contribution in [2.75, 3.05) is 0 Å². The Kier molecular flexibility index (Phi) is 4.55. The molecule has 0 amide bonds. The first-order chi connectivity index (χ1) is 9.91. The molecule has 1 aromatic rings. The number of hydrogen-bond acceptors (Lipinski definition) is 3. The molecule has 1 N–H and O–H groups in total. The second-order valence-electron chi connectivity index (χ2n) is 5.11. The van der Waals surface area contributed by atoms with Gasteiger partial charge in [-0.05, 0) is 49.9 Å². The van der Waals surface area contributed by atoms with E-state index in [9.17, 15) is 18.4 Å². The molecule has 114 valence electrons. The highest BCUT2D eigenvalue weighted by atomic mass is 19.3. The molecular formula is C15H16F2O4. The average Bonchev–Trinajstić information content (AvgIpc) is 2.48. The number of carbonyl (C=O) groups excluding carboxylic acids is 1. The van der Waals surface area contributed by atoms with Crippen LogP contribution in [0.25, 0.3) is 0 Å². The van der Waals surface area contributed by atoms with Crippen LogP contribution in [0.2, 0.25) is 0 Å². The predicted octanol–water partition coefficient (Wildman–Crippen LogP) is 3.14. The summed E-state index contributed by atoms with van der Waals surface area (Å²) in [5.74, 6) is -7.87. The summed E-state index contributed by atoms with van der Waals surface area (Å²) in [6.45, 7) is 0. The number of rotatable bonds is 5. The zero-order valence-electron chi connectivity index (χ0n) is 11.4. The van der Waals surface area contributed by atoms with Gasteiger partial charge in [0.1, 0.15) is 5.75 Å². The second-order valence-corrected chi connectivity index (χ2v) is 5.11. The summed E-state index contributed by atoms with van der Waals surface area (Å²) in [4.78, 5) is 21.4. The van der Waals surface area contributed by atoms with E-state index in [0.29, 0.717) is 5.75 Å². The molecule has 1 aromatic carbocycles. The minimum atomic E-state index is -4.03. The van der Waals surface area contributed by atoms with Gasteiger partial charge in [0, 0.05) is 5.56 Å². The van der Waals surface area contributed by atoms with Crippen LogP contribution in [-0.4, -0.2) is 23.0 Å². The number of benzene rings is 1.